The molecule has 3 aromatic carbocycles. The topological polar surface area (TPSA) is 132 Å². The summed E-state index contributed by atoms with van der Waals surface area (Å²) in [6.45, 7) is 0.166. The number of benzene rings is 3. The van der Waals surface area contributed by atoms with Crippen LogP contribution in [0.1, 0.15) is 22.6 Å². The normalized spacial score (nSPS) is 16.5. The third kappa shape index (κ3) is 5.11. The molecule has 0 spiro atoms. The van der Waals surface area contributed by atoms with E-state index in [1.807, 2.05) is 42.5 Å². The van der Waals surface area contributed by atoms with Gasteiger partial charge in [0.15, 0.2) is 6.33 Å². The van der Waals surface area contributed by atoms with Gasteiger partial charge >= 0.3 is 6.18 Å². The highest BCUT2D eigenvalue weighted by atomic mass is 32.2. The highest BCUT2D eigenvalue weighted by Crippen LogP contribution is 2.32. The van der Waals surface area contributed by atoms with Crippen LogP contribution >= 0.6 is 0 Å². The first kappa shape index (κ1) is 25.1. The first-order valence-corrected chi connectivity index (χ1v) is 12.6. The molecule has 0 bridgehead atoms. The van der Waals surface area contributed by atoms with Crippen molar-refractivity contribution in [3.05, 3.63) is 102 Å². The van der Waals surface area contributed by atoms with E-state index in [0.717, 1.165) is 29.3 Å². The highest BCUT2D eigenvalue weighted by molar-refractivity contribution is 7.90. The van der Waals surface area contributed by atoms with Gasteiger partial charge in [-0.25, -0.2) is 5.01 Å². The van der Waals surface area contributed by atoms with Crippen LogP contribution in [0.5, 0.6) is 0 Å². The second-order valence-corrected chi connectivity index (χ2v) is 9.86. The van der Waals surface area contributed by atoms with Crippen LogP contribution in [0.4, 0.5) is 13.2 Å². The molecule has 0 aliphatic carbocycles. The van der Waals surface area contributed by atoms with E-state index in [1.54, 1.807) is 12.1 Å². The van der Waals surface area contributed by atoms with Crippen LogP contribution in [0.25, 0.3) is 5.69 Å². The minimum atomic E-state index is -4.71. The van der Waals surface area contributed by atoms with E-state index in [1.165, 1.54) is 16.1 Å². The zero-order chi connectivity index (χ0) is 26.9. The number of hydrogen-bond acceptors (Lipinski definition) is 6. The summed E-state index contributed by atoms with van der Waals surface area (Å²) >= 11 is 0. The number of alkyl halides is 3. The van der Waals surface area contributed by atoms with Crippen molar-refractivity contribution >= 4 is 21.7 Å². The molecule has 1 aliphatic rings. The van der Waals surface area contributed by atoms with E-state index in [9.17, 15) is 21.6 Å². The summed E-state index contributed by atoms with van der Waals surface area (Å²) in [5, 5.41) is 17.3. The molecule has 2 heterocycles. The Morgan fingerprint density at radius 1 is 1.00 bits per heavy atom. The smallest absolute Gasteiger partial charge is 0.367 e. The van der Waals surface area contributed by atoms with Crippen LogP contribution in [-0.2, 0) is 16.2 Å². The third-order valence-electron chi connectivity index (χ3n) is 5.80. The Morgan fingerprint density at radius 2 is 1.74 bits per heavy atom. The first-order chi connectivity index (χ1) is 18.1. The Kier molecular flexibility index (Phi) is 6.40. The van der Waals surface area contributed by atoms with Gasteiger partial charge in [-0.05, 0) is 46.7 Å². The number of sulfonamides is 1. The van der Waals surface area contributed by atoms with Crippen molar-refractivity contribution < 1.29 is 21.6 Å². The van der Waals surface area contributed by atoms with Crippen molar-refractivity contribution in [2.45, 2.75) is 17.0 Å². The molecule has 10 nitrogen and oxygen atoms in total. The summed E-state index contributed by atoms with van der Waals surface area (Å²) in [6, 6.07) is 19.9. The van der Waals surface area contributed by atoms with E-state index in [0.29, 0.717) is 17.5 Å². The molecule has 0 saturated carbocycles. The summed E-state index contributed by atoms with van der Waals surface area (Å²) in [7, 11) is -4.55. The number of hydrogen-bond donors (Lipinski definition) is 1. The zero-order valence-electron chi connectivity index (χ0n) is 19.4. The zero-order valence-corrected chi connectivity index (χ0v) is 20.3. The van der Waals surface area contributed by atoms with Crippen molar-refractivity contribution in [1.29, 1.82) is 0 Å². The van der Waals surface area contributed by atoms with Crippen LogP contribution in [0.15, 0.2) is 99.6 Å². The van der Waals surface area contributed by atoms with Gasteiger partial charge in [0.25, 0.3) is 10.0 Å². The molecule has 1 unspecified atom stereocenters. The standard InChI is InChI=1S/C24H19F3N8O2S/c25-24(26,27)18-7-4-8-20(13-18)38(36,37)32-23(28)34-14-21(16-5-2-1-3-6-16)22(31-34)17-9-11-19(12-10-17)35-30-15-29-33-35/h1-13,15,21H,14H2,(H2,28,32). The van der Waals surface area contributed by atoms with Gasteiger partial charge in [-0.2, -0.15) is 26.7 Å². The maximum Gasteiger partial charge on any atom is 0.416 e. The number of nitrogens with two attached hydrogens (primary N) is 1. The number of halogens is 3. The van der Waals surface area contributed by atoms with E-state index in [4.69, 9.17) is 5.73 Å². The third-order valence-corrected chi connectivity index (χ3v) is 7.07. The fourth-order valence-electron chi connectivity index (χ4n) is 3.96. The molecule has 38 heavy (non-hydrogen) atoms. The SMILES string of the molecule is N/C(=N\S(=O)(=O)c1cccc(C(F)(F)F)c1)N1CC(c2ccccc2)C(c2ccc(-n3ncnn3)cc2)=N1. The molecular weight excluding hydrogens is 521 g/mol. The molecule has 14 heteroatoms. The predicted octanol–water partition coefficient (Wildman–Crippen LogP) is 3.19. The monoisotopic (exact) mass is 540 g/mol. The van der Waals surface area contributed by atoms with Gasteiger partial charge in [-0.15, -0.1) is 19.4 Å². The van der Waals surface area contributed by atoms with Gasteiger partial charge in [0, 0.05) is 5.92 Å². The van der Waals surface area contributed by atoms with Gasteiger partial charge in [0.2, 0.25) is 5.96 Å². The van der Waals surface area contributed by atoms with Crippen molar-refractivity contribution in [3.63, 3.8) is 0 Å². The molecule has 4 aromatic rings. The fourth-order valence-corrected chi connectivity index (χ4v) is 4.93. The van der Waals surface area contributed by atoms with E-state index in [-0.39, 0.29) is 12.5 Å². The van der Waals surface area contributed by atoms with Crippen LogP contribution in [0.2, 0.25) is 0 Å². The molecule has 0 saturated heterocycles. The van der Waals surface area contributed by atoms with Crippen LogP contribution in [-0.4, -0.2) is 51.8 Å². The van der Waals surface area contributed by atoms with Gasteiger partial charge in [0.05, 0.1) is 28.4 Å². The molecule has 5 rings (SSSR count). The predicted molar refractivity (Wildman–Crippen MR) is 132 cm³/mol. The van der Waals surface area contributed by atoms with Crippen molar-refractivity contribution in [1.82, 2.24) is 25.2 Å². The lowest BCUT2D eigenvalue weighted by molar-refractivity contribution is -0.137. The molecule has 0 fully saturated rings. The lowest BCUT2D eigenvalue weighted by Gasteiger charge is -2.16. The van der Waals surface area contributed by atoms with Crippen molar-refractivity contribution in [2.75, 3.05) is 6.54 Å². The van der Waals surface area contributed by atoms with Crippen LogP contribution in [0.3, 0.4) is 0 Å². The van der Waals surface area contributed by atoms with E-state index in [2.05, 4.69) is 24.9 Å². The average Bonchev–Trinajstić information content (AvgIpc) is 3.60. The number of guanidine groups is 1. The molecule has 0 amide bonds. The Balaban J connectivity index is 1.49. The van der Waals surface area contributed by atoms with Crippen LogP contribution in [0, 0.1) is 0 Å². The molecular formula is C24H19F3N8O2S. The Labute approximate surface area is 215 Å². The maximum absolute atomic E-state index is 13.1. The molecule has 2 N–H and O–H groups in total. The number of tetrazole rings is 1. The quantitative estimate of drug-likeness (QED) is 0.304. The van der Waals surface area contributed by atoms with Crippen molar-refractivity contribution in [3.8, 4) is 5.69 Å². The summed E-state index contributed by atoms with van der Waals surface area (Å²) in [5.74, 6) is -0.765. The highest BCUT2D eigenvalue weighted by Gasteiger charge is 2.33. The fraction of sp³-hybridized carbons (Fsp3) is 0.125. The first-order valence-electron chi connectivity index (χ1n) is 11.1. The number of aromatic nitrogens is 4. The van der Waals surface area contributed by atoms with Crippen LogP contribution < -0.4 is 5.73 Å². The molecule has 194 valence electrons. The molecule has 1 atom stereocenters. The Bertz CT molecular complexity index is 1600. The Hall–Kier alpha value is -4.59. The largest absolute Gasteiger partial charge is 0.416 e. The van der Waals surface area contributed by atoms with Gasteiger partial charge in [-0.3, -0.25) is 0 Å². The summed E-state index contributed by atoms with van der Waals surface area (Å²) < 4.78 is 68.4. The number of nitrogens with zero attached hydrogens (tertiary/aromatic N) is 7. The summed E-state index contributed by atoms with van der Waals surface area (Å²) in [6.07, 6.45) is -3.40. The summed E-state index contributed by atoms with van der Waals surface area (Å²) in [4.78, 5) is 0.723. The lowest BCUT2D eigenvalue weighted by Crippen LogP contribution is -2.33. The Morgan fingerprint density at radius 3 is 2.39 bits per heavy atom. The molecule has 0 radical (unpaired) electrons. The van der Waals surface area contributed by atoms with Gasteiger partial charge in [0.1, 0.15) is 0 Å². The minimum Gasteiger partial charge on any atom is -0.367 e. The average molecular weight is 541 g/mol. The molecule has 1 aromatic heterocycles. The minimum absolute atomic E-state index is 0.166. The van der Waals surface area contributed by atoms with E-state index < -0.39 is 32.6 Å². The second-order valence-electron chi connectivity index (χ2n) is 8.25. The second kappa shape index (κ2) is 9.70. The number of rotatable bonds is 5. The van der Waals surface area contributed by atoms with Gasteiger partial charge < -0.3 is 5.73 Å². The lowest BCUT2D eigenvalue weighted by atomic mass is 9.90. The number of hydrazone groups is 1. The summed E-state index contributed by atoms with van der Waals surface area (Å²) in [5.41, 5.74) is 7.84. The van der Waals surface area contributed by atoms with Crippen molar-refractivity contribution in [2.24, 2.45) is 15.2 Å². The maximum atomic E-state index is 13.1. The van der Waals surface area contributed by atoms with Gasteiger partial charge in [-0.1, -0.05) is 48.5 Å². The molecule has 1 aliphatic heterocycles. The van der Waals surface area contributed by atoms with E-state index >= 15 is 0 Å².